The summed E-state index contributed by atoms with van der Waals surface area (Å²) in [5.74, 6) is 0.608. The Bertz CT molecular complexity index is 915. The lowest BCUT2D eigenvalue weighted by Gasteiger charge is -2.25. The number of ether oxygens (including phenoxy) is 1. The second kappa shape index (κ2) is 6.64. The van der Waals surface area contributed by atoms with Crippen LogP contribution in [-0.2, 0) is 12.8 Å². The lowest BCUT2D eigenvalue weighted by Crippen LogP contribution is -2.22. The number of hydrogen-bond donors (Lipinski definition) is 3. The summed E-state index contributed by atoms with van der Waals surface area (Å²) in [4.78, 5) is 24.4. The van der Waals surface area contributed by atoms with Crippen LogP contribution in [0.25, 0.3) is 10.4 Å². The minimum atomic E-state index is -0.712. The number of anilines is 1. The average Bonchev–Trinajstić information content (AvgIpc) is 2.91. The number of methoxy groups -OCH3 is 1. The summed E-state index contributed by atoms with van der Waals surface area (Å²) in [5, 5.41) is 2.97. The molecule has 0 bridgehead atoms. The van der Waals surface area contributed by atoms with Crippen molar-refractivity contribution in [1.82, 2.24) is 0 Å². The number of carbonyl (C=O) groups excluding carboxylic acids is 2. The van der Waals surface area contributed by atoms with E-state index in [1.54, 1.807) is 7.11 Å². The van der Waals surface area contributed by atoms with Gasteiger partial charge in [-0.15, -0.1) is 11.3 Å². The van der Waals surface area contributed by atoms with E-state index in [0.717, 1.165) is 33.7 Å². The second-order valence-electron chi connectivity index (χ2n) is 6.77. The van der Waals surface area contributed by atoms with E-state index >= 15 is 0 Å². The second-order valence-corrected chi connectivity index (χ2v) is 7.79. The normalized spacial score (nSPS) is 12.5. The molecule has 3 amide bonds. The first-order chi connectivity index (χ1) is 12.3. The van der Waals surface area contributed by atoms with Gasteiger partial charge in [-0.25, -0.2) is 4.79 Å². The molecule has 138 valence electrons. The largest absolute Gasteiger partial charge is 0.496 e. The molecule has 0 radical (unpaired) electrons. The highest BCUT2D eigenvalue weighted by Crippen LogP contribution is 2.49. The summed E-state index contributed by atoms with van der Waals surface area (Å²) in [7, 11) is 1.66. The fraction of sp³-hybridized carbons (Fsp3) is 0.368. The van der Waals surface area contributed by atoms with Crippen molar-refractivity contribution in [2.24, 2.45) is 11.5 Å². The monoisotopic (exact) mass is 373 g/mol. The van der Waals surface area contributed by atoms with Gasteiger partial charge in [0.1, 0.15) is 10.8 Å². The van der Waals surface area contributed by atoms with Gasteiger partial charge in [-0.1, -0.05) is 13.8 Å². The molecule has 7 heteroatoms. The van der Waals surface area contributed by atoms with Gasteiger partial charge in [-0.05, 0) is 54.0 Å². The van der Waals surface area contributed by atoms with Crippen LogP contribution in [0.4, 0.5) is 9.80 Å². The number of fused-ring (bicyclic) bond motifs is 3. The third-order valence-corrected chi connectivity index (χ3v) is 6.03. The van der Waals surface area contributed by atoms with Crippen LogP contribution in [0, 0.1) is 6.92 Å². The van der Waals surface area contributed by atoms with Crippen LogP contribution in [0.1, 0.15) is 52.4 Å². The highest BCUT2D eigenvalue weighted by atomic mass is 32.1. The smallest absolute Gasteiger partial charge is 0.317 e. The lowest BCUT2D eigenvalue weighted by molar-refractivity contribution is 0.100. The Kier molecular flexibility index (Phi) is 4.66. The Balaban J connectivity index is 2.34. The first kappa shape index (κ1) is 18.3. The summed E-state index contributed by atoms with van der Waals surface area (Å²) in [6.45, 7) is 6.33. The van der Waals surface area contributed by atoms with Crippen molar-refractivity contribution in [3.63, 3.8) is 0 Å². The Morgan fingerprint density at radius 2 is 1.88 bits per heavy atom. The molecular weight excluding hydrogens is 350 g/mol. The number of primary amides is 2. The quantitative estimate of drug-likeness (QED) is 0.763. The molecule has 0 atom stereocenters. The van der Waals surface area contributed by atoms with E-state index in [1.165, 1.54) is 22.5 Å². The van der Waals surface area contributed by atoms with Crippen molar-refractivity contribution < 1.29 is 14.3 Å². The van der Waals surface area contributed by atoms with Crippen molar-refractivity contribution >= 4 is 28.3 Å². The summed E-state index contributed by atoms with van der Waals surface area (Å²) in [5.41, 5.74) is 16.7. The van der Waals surface area contributed by atoms with Crippen LogP contribution in [0.15, 0.2) is 6.07 Å². The first-order valence-electron chi connectivity index (χ1n) is 8.48. The van der Waals surface area contributed by atoms with Crippen molar-refractivity contribution in [2.75, 3.05) is 12.4 Å². The molecule has 26 heavy (non-hydrogen) atoms. The van der Waals surface area contributed by atoms with E-state index < -0.39 is 11.9 Å². The highest BCUT2D eigenvalue weighted by Gasteiger charge is 2.31. The van der Waals surface area contributed by atoms with Gasteiger partial charge >= 0.3 is 6.03 Å². The van der Waals surface area contributed by atoms with E-state index in [-0.39, 0.29) is 0 Å². The number of urea groups is 1. The molecule has 0 fully saturated rings. The molecule has 1 aromatic heterocycles. The maximum Gasteiger partial charge on any atom is 0.317 e. The molecule has 0 saturated carbocycles. The third kappa shape index (κ3) is 2.82. The standard InChI is InChI=1S/C19H23N3O3S/c1-8(2)12-7-13(25-4)9(3)14-10(12)5-6-11-15(17(20)23)18(22-19(21)24)26-16(11)14/h7-8H,5-6H2,1-4H3,(H2,20,23)(H3,21,22,24). The molecule has 0 aliphatic heterocycles. The minimum absolute atomic E-state index is 0.346. The zero-order valence-corrected chi connectivity index (χ0v) is 16.2. The molecule has 1 heterocycles. The van der Waals surface area contributed by atoms with Crippen molar-refractivity contribution in [2.45, 2.75) is 39.5 Å². The number of hydrogen-bond acceptors (Lipinski definition) is 4. The Labute approximate surface area is 156 Å². The average molecular weight is 373 g/mol. The van der Waals surface area contributed by atoms with Gasteiger partial charge in [0.2, 0.25) is 0 Å². The molecule has 1 aliphatic carbocycles. The highest BCUT2D eigenvalue weighted by molar-refractivity contribution is 7.20. The van der Waals surface area contributed by atoms with Gasteiger partial charge in [-0.3, -0.25) is 10.1 Å². The topological polar surface area (TPSA) is 107 Å². The van der Waals surface area contributed by atoms with E-state index in [1.807, 2.05) is 6.92 Å². The summed E-state index contributed by atoms with van der Waals surface area (Å²) in [6, 6.07) is 1.39. The Morgan fingerprint density at radius 1 is 1.23 bits per heavy atom. The van der Waals surface area contributed by atoms with Crippen LogP contribution < -0.4 is 21.5 Å². The van der Waals surface area contributed by atoms with Crippen LogP contribution >= 0.6 is 11.3 Å². The number of nitrogens with one attached hydrogen (secondary N) is 1. The summed E-state index contributed by atoms with van der Waals surface area (Å²) >= 11 is 1.35. The molecule has 0 spiro atoms. The van der Waals surface area contributed by atoms with E-state index in [0.29, 0.717) is 22.9 Å². The molecule has 6 nitrogen and oxygen atoms in total. The Morgan fingerprint density at radius 3 is 2.42 bits per heavy atom. The van der Waals surface area contributed by atoms with Crippen molar-refractivity contribution in [3.05, 3.63) is 33.9 Å². The fourth-order valence-electron chi connectivity index (χ4n) is 3.75. The zero-order chi connectivity index (χ0) is 19.2. The molecule has 2 aromatic rings. The maximum atomic E-state index is 12.0. The van der Waals surface area contributed by atoms with Crippen molar-refractivity contribution in [3.8, 4) is 16.2 Å². The SMILES string of the molecule is COc1cc(C(C)C)c2c(c1C)-c1sc(NC(N)=O)c(C(N)=O)c1CC2. The molecule has 0 saturated heterocycles. The third-order valence-electron chi connectivity index (χ3n) is 4.87. The van der Waals surface area contributed by atoms with Gasteiger partial charge in [0.15, 0.2) is 0 Å². The van der Waals surface area contributed by atoms with E-state index in [9.17, 15) is 9.59 Å². The molecule has 5 N–H and O–H groups in total. The van der Waals surface area contributed by atoms with Gasteiger partial charge in [0.25, 0.3) is 5.91 Å². The van der Waals surface area contributed by atoms with E-state index in [4.69, 9.17) is 16.2 Å². The van der Waals surface area contributed by atoms with Crippen LogP contribution in [-0.4, -0.2) is 19.0 Å². The number of carbonyl (C=O) groups is 2. The first-order valence-corrected chi connectivity index (χ1v) is 9.30. The number of benzene rings is 1. The predicted octanol–water partition coefficient (Wildman–Crippen LogP) is 3.54. The van der Waals surface area contributed by atoms with Gasteiger partial charge < -0.3 is 16.2 Å². The van der Waals surface area contributed by atoms with Gasteiger partial charge in [0.05, 0.1) is 12.7 Å². The molecule has 0 unspecified atom stereocenters. The molecule has 1 aromatic carbocycles. The van der Waals surface area contributed by atoms with Gasteiger partial charge in [-0.2, -0.15) is 0 Å². The lowest BCUT2D eigenvalue weighted by atomic mass is 9.81. The van der Waals surface area contributed by atoms with Crippen LogP contribution in [0.2, 0.25) is 0 Å². The van der Waals surface area contributed by atoms with Crippen molar-refractivity contribution in [1.29, 1.82) is 0 Å². The minimum Gasteiger partial charge on any atom is -0.496 e. The number of rotatable bonds is 4. The van der Waals surface area contributed by atoms with E-state index in [2.05, 4.69) is 25.2 Å². The molecule has 1 aliphatic rings. The van der Waals surface area contributed by atoms with Crippen LogP contribution in [0.3, 0.4) is 0 Å². The number of amides is 3. The summed E-state index contributed by atoms with van der Waals surface area (Å²) in [6.07, 6.45) is 1.51. The zero-order valence-electron chi connectivity index (χ0n) is 15.4. The number of nitrogens with two attached hydrogens (primary N) is 2. The maximum absolute atomic E-state index is 12.0. The molecule has 3 rings (SSSR count). The summed E-state index contributed by atoms with van der Waals surface area (Å²) < 4.78 is 5.59. The fourth-order valence-corrected chi connectivity index (χ4v) is 5.14. The Hall–Kier alpha value is -2.54. The number of thiophene rings is 1. The predicted molar refractivity (Wildman–Crippen MR) is 104 cm³/mol. The van der Waals surface area contributed by atoms with Gasteiger partial charge in [0, 0.05) is 10.4 Å². The van der Waals surface area contributed by atoms with Crippen LogP contribution in [0.5, 0.6) is 5.75 Å². The molecular formula is C19H23N3O3S.